The summed E-state index contributed by atoms with van der Waals surface area (Å²) in [6.07, 6.45) is 2.02. The van der Waals surface area contributed by atoms with Crippen LogP contribution in [0, 0.1) is 0 Å². The Morgan fingerprint density at radius 2 is 1.83 bits per heavy atom. The summed E-state index contributed by atoms with van der Waals surface area (Å²) < 4.78 is 4.97. The fraction of sp³-hybridized carbons (Fsp3) is 0.348. The van der Waals surface area contributed by atoms with Gasteiger partial charge in [0.2, 0.25) is 0 Å². The van der Waals surface area contributed by atoms with Gasteiger partial charge in [0, 0.05) is 24.3 Å². The van der Waals surface area contributed by atoms with Crippen molar-refractivity contribution in [1.29, 1.82) is 0 Å². The Balaban J connectivity index is 1.55. The Labute approximate surface area is 175 Å². The molecule has 0 aliphatic carbocycles. The third-order valence-corrected chi connectivity index (χ3v) is 5.64. The fourth-order valence-electron chi connectivity index (χ4n) is 4.21. The Morgan fingerprint density at radius 3 is 2.53 bits per heavy atom. The molecule has 4 rings (SSSR count). The van der Waals surface area contributed by atoms with Gasteiger partial charge in [0.15, 0.2) is 0 Å². The first-order chi connectivity index (χ1) is 14.5. The summed E-state index contributed by atoms with van der Waals surface area (Å²) in [7, 11) is 0. The van der Waals surface area contributed by atoms with Gasteiger partial charge in [-0.2, -0.15) is 0 Å². The van der Waals surface area contributed by atoms with Crippen molar-refractivity contribution in [3.8, 4) is 0 Å². The first-order valence-electron chi connectivity index (χ1n) is 10.3. The van der Waals surface area contributed by atoms with Gasteiger partial charge in [-0.15, -0.1) is 0 Å². The zero-order valence-electron chi connectivity index (χ0n) is 17.2. The molecular weight excluding hydrogens is 382 g/mol. The summed E-state index contributed by atoms with van der Waals surface area (Å²) in [5.74, 6) is -0.618. The first kappa shape index (κ1) is 19.9. The van der Waals surface area contributed by atoms with E-state index in [-0.39, 0.29) is 18.0 Å². The van der Waals surface area contributed by atoms with E-state index in [1.807, 2.05) is 4.90 Å². The van der Waals surface area contributed by atoms with Crippen LogP contribution >= 0.6 is 0 Å². The van der Waals surface area contributed by atoms with E-state index in [1.165, 1.54) is 0 Å². The minimum Gasteiger partial charge on any atom is -0.462 e. The van der Waals surface area contributed by atoms with E-state index in [0.717, 1.165) is 31.6 Å². The molecule has 2 amide bonds. The van der Waals surface area contributed by atoms with Crippen LogP contribution in [0.1, 0.15) is 57.8 Å². The number of anilines is 2. The summed E-state index contributed by atoms with van der Waals surface area (Å²) in [5, 5.41) is 2.85. The highest BCUT2D eigenvalue weighted by molar-refractivity contribution is 6.08. The molecule has 2 heterocycles. The number of amides is 2. The third kappa shape index (κ3) is 3.51. The number of benzene rings is 2. The number of ether oxygens (including phenoxy) is 1. The van der Waals surface area contributed by atoms with Gasteiger partial charge in [-0.3, -0.25) is 9.59 Å². The van der Waals surface area contributed by atoms with Crippen molar-refractivity contribution in [3.05, 3.63) is 59.2 Å². The van der Waals surface area contributed by atoms with Crippen molar-refractivity contribution in [3.63, 3.8) is 0 Å². The lowest BCUT2D eigenvalue weighted by molar-refractivity contribution is 0.0526. The predicted octanol–water partition coefficient (Wildman–Crippen LogP) is 3.52. The molecular formula is C23H25N3O4. The van der Waals surface area contributed by atoms with Crippen molar-refractivity contribution >= 4 is 29.2 Å². The smallest absolute Gasteiger partial charge is 0.338 e. The maximum atomic E-state index is 12.8. The number of esters is 1. The molecule has 1 saturated heterocycles. The van der Waals surface area contributed by atoms with E-state index >= 15 is 0 Å². The zero-order valence-corrected chi connectivity index (χ0v) is 17.2. The van der Waals surface area contributed by atoms with Crippen LogP contribution in [0.25, 0.3) is 0 Å². The molecule has 2 aliphatic rings. The van der Waals surface area contributed by atoms with E-state index in [1.54, 1.807) is 49.4 Å². The number of nitrogens with zero attached hydrogens (tertiary/aromatic N) is 2. The van der Waals surface area contributed by atoms with E-state index in [9.17, 15) is 14.4 Å². The zero-order chi connectivity index (χ0) is 21.3. The molecule has 0 spiro atoms. The minimum absolute atomic E-state index is 0.0405. The van der Waals surface area contributed by atoms with Gasteiger partial charge in [0.05, 0.1) is 23.4 Å². The summed E-state index contributed by atoms with van der Waals surface area (Å²) in [6, 6.07) is 11.8. The number of hydrogen-bond donors (Lipinski definition) is 1. The lowest BCUT2D eigenvalue weighted by Crippen LogP contribution is -2.52. The van der Waals surface area contributed by atoms with Gasteiger partial charge in [-0.25, -0.2) is 4.79 Å². The molecule has 0 saturated carbocycles. The SMILES string of the molecule is CCOC(=O)c1ccc(NC(=O)c2ccc3c(c2)N(CC)C2CCCN2C3=O)cc1. The van der Waals surface area contributed by atoms with Crippen LogP contribution in [0.2, 0.25) is 0 Å². The molecule has 1 fully saturated rings. The average molecular weight is 407 g/mol. The molecule has 1 N–H and O–H groups in total. The van der Waals surface area contributed by atoms with Crippen molar-refractivity contribution in [1.82, 2.24) is 4.90 Å². The van der Waals surface area contributed by atoms with Crippen LogP contribution < -0.4 is 10.2 Å². The Morgan fingerprint density at radius 1 is 1.10 bits per heavy atom. The Hall–Kier alpha value is -3.35. The van der Waals surface area contributed by atoms with Crippen LogP contribution in [-0.2, 0) is 4.74 Å². The molecule has 0 aromatic heterocycles. The Bertz CT molecular complexity index is 986. The molecule has 156 valence electrons. The van der Waals surface area contributed by atoms with Gasteiger partial charge >= 0.3 is 5.97 Å². The largest absolute Gasteiger partial charge is 0.462 e. The van der Waals surface area contributed by atoms with Gasteiger partial charge in [-0.05, 0) is 69.2 Å². The quantitative estimate of drug-likeness (QED) is 0.768. The molecule has 0 bridgehead atoms. The second-order valence-electron chi connectivity index (χ2n) is 7.39. The van der Waals surface area contributed by atoms with E-state index in [4.69, 9.17) is 4.74 Å². The van der Waals surface area contributed by atoms with Crippen LogP contribution in [0.5, 0.6) is 0 Å². The second-order valence-corrected chi connectivity index (χ2v) is 7.39. The van der Waals surface area contributed by atoms with Crippen molar-refractivity contribution in [2.75, 3.05) is 29.9 Å². The van der Waals surface area contributed by atoms with E-state index in [0.29, 0.717) is 29.0 Å². The normalized spacial score (nSPS) is 17.4. The number of rotatable bonds is 5. The first-order valence-corrected chi connectivity index (χ1v) is 10.3. The predicted molar refractivity (Wildman–Crippen MR) is 114 cm³/mol. The van der Waals surface area contributed by atoms with Gasteiger partial charge in [-0.1, -0.05) is 0 Å². The highest BCUT2D eigenvalue weighted by Gasteiger charge is 2.39. The van der Waals surface area contributed by atoms with Gasteiger partial charge in [0.1, 0.15) is 6.17 Å². The van der Waals surface area contributed by atoms with Crippen LogP contribution in [-0.4, -0.2) is 48.5 Å². The lowest BCUT2D eigenvalue weighted by atomic mass is 10.0. The number of fused-ring (bicyclic) bond motifs is 2. The lowest BCUT2D eigenvalue weighted by Gasteiger charge is -2.41. The number of hydrogen-bond acceptors (Lipinski definition) is 5. The monoisotopic (exact) mass is 407 g/mol. The molecule has 1 unspecified atom stereocenters. The topological polar surface area (TPSA) is 79.0 Å². The van der Waals surface area contributed by atoms with Crippen molar-refractivity contribution in [2.24, 2.45) is 0 Å². The van der Waals surface area contributed by atoms with Crippen LogP contribution in [0.3, 0.4) is 0 Å². The highest BCUT2D eigenvalue weighted by Crippen LogP contribution is 2.36. The molecule has 0 radical (unpaired) electrons. The maximum absolute atomic E-state index is 12.8. The summed E-state index contributed by atoms with van der Waals surface area (Å²) in [5.41, 5.74) is 2.96. The molecule has 2 aliphatic heterocycles. The second kappa shape index (κ2) is 8.18. The fourth-order valence-corrected chi connectivity index (χ4v) is 4.21. The average Bonchev–Trinajstić information content (AvgIpc) is 3.24. The van der Waals surface area contributed by atoms with Crippen LogP contribution in [0.15, 0.2) is 42.5 Å². The highest BCUT2D eigenvalue weighted by atomic mass is 16.5. The van der Waals surface area contributed by atoms with Crippen molar-refractivity contribution < 1.29 is 19.1 Å². The molecule has 2 aromatic carbocycles. The van der Waals surface area contributed by atoms with Gasteiger partial charge in [0.25, 0.3) is 11.8 Å². The number of carbonyl (C=O) groups excluding carboxylic acids is 3. The summed E-state index contributed by atoms with van der Waals surface area (Å²) in [4.78, 5) is 41.5. The standard InChI is InChI=1S/C23H25N3O4/c1-3-25-19-14-16(9-12-18(19)22(28)26-13-5-6-20(25)26)21(27)24-17-10-7-15(8-11-17)23(29)30-4-2/h7-12,14,20H,3-6,13H2,1-2H3,(H,24,27). The minimum atomic E-state index is -0.393. The molecule has 7 heteroatoms. The van der Waals surface area contributed by atoms with Crippen LogP contribution in [0.4, 0.5) is 11.4 Å². The summed E-state index contributed by atoms with van der Waals surface area (Å²) >= 11 is 0. The van der Waals surface area contributed by atoms with Gasteiger partial charge < -0.3 is 19.9 Å². The molecule has 2 aromatic rings. The van der Waals surface area contributed by atoms with E-state index < -0.39 is 5.97 Å². The Kier molecular flexibility index (Phi) is 5.44. The summed E-state index contributed by atoms with van der Waals surface area (Å²) in [6.45, 7) is 5.67. The molecule has 7 nitrogen and oxygen atoms in total. The molecule has 1 atom stereocenters. The van der Waals surface area contributed by atoms with E-state index in [2.05, 4.69) is 17.1 Å². The third-order valence-electron chi connectivity index (χ3n) is 5.64. The molecule has 30 heavy (non-hydrogen) atoms. The maximum Gasteiger partial charge on any atom is 0.338 e. The number of nitrogens with one attached hydrogen (secondary N) is 1. The number of carbonyl (C=O) groups is 3. The van der Waals surface area contributed by atoms with Crippen molar-refractivity contribution in [2.45, 2.75) is 32.9 Å².